The summed E-state index contributed by atoms with van der Waals surface area (Å²) in [6.45, 7) is 2.08. The number of nitrogens with two attached hydrogens (primary N) is 1. The van der Waals surface area contributed by atoms with Crippen LogP contribution in [-0.2, 0) is 0 Å². The average Bonchev–Trinajstić information content (AvgIpc) is 2.52. The van der Waals surface area contributed by atoms with E-state index >= 15 is 0 Å². The molecule has 0 bridgehead atoms. The van der Waals surface area contributed by atoms with Gasteiger partial charge in [0.15, 0.2) is 0 Å². The van der Waals surface area contributed by atoms with E-state index in [0.29, 0.717) is 0 Å². The minimum absolute atomic E-state index is 0.0421. The number of benzene rings is 2. The lowest BCUT2D eigenvalue weighted by Gasteiger charge is -2.25. The van der Waals surface area contributed by atoms with Crippen LogP contribution in [0.5, 0.6) is 5.75 Å². The van der Waals surface area contributed by atoms with Gasteiger partial charge in [0.1, 0.15) is 11.9 Å². The second kappa shape index (κ2) is 7.87. The van der Waals surface area contributed by atoms with Crippen molar-refractivity contribution in [3.8, 4) is 5.75 Å². The molecule has 112 valence electrons. The second-order valence-corrected chi connectivity index (χ2v) is 6.64. The molecule has 0 radical (unpaired) electrons. The van der Waals surface area contributed by atoms with E-state index in [0.717, 1.165) is 22.2 Å². The first kappa shape index (κ1) is 16.4. The van der Waals surface area contributed by atoms with Crippen molar-refractivity contribution in [2.24, 2.45) is 5.73 Å². The minimum atomic E-state index is -0.146. The smallest absolute Gasteiger partial charge is 0.139 e. The fourth-order valence-electron chi connectivity index (χ4n) is 2.10. The fourth-order valence-corrected chi connectivity index (χ4v) is 2.93. The van der Waals surface area contributed by atoms with Crippen LogP contribution >= 0.6 is 27.7 Å². The highest BCUT2D eigenvalue weighted by molar-refractivity contribution is 9.10. The van der Waals surface area contributed by atoms with Crippen LogP contribution in [-0.4, -0.2) is 12.3 Å². The molecule has 2 aromatic rings. The third-order valence-corrected chi connectivity index (χ3v) is 4.60. The van der Waals surface area contributed by atoms with E-state index in [9.17, 15) is 0 Å². The zero-order chi connectivity index (χ0) is 15.2. The third kappa shape index (κ3) is 4.50. The van der Waals surface area contributed by atoms with Crippen LogP contribution in [0.1, 0.15) is 25.0 Å². The number of thioether (sulfide) groups is 1. The molecule has 2 atom stereocenters. The Hall–Kier alpha value is -0.970. The maximum atomic E-state index is 6.26. The van der Waals surface area contributed by atoms with Crippen LogP contribution in [0.4, 0.5) is 0 Å². The fraction of sp³-hybridized carbons (Fsp3) is 0.294. The number of hydrogen-bond acceptors (Lipinski definition) is 3. The van der Waals surface area contributed by atoms with E-state index in [-0.39, 0.29) is 12.1 Å². The normalized spacial score (nSPS) is 13.7. The molecule has 0 amide bonds. The molecule has 0 aliphatic heterocycles. The summed E-state index contributed by atoms with van der Waals surface area (Å²) >= 11 is 5.23. The molecule has 2 aromatic carbocycles. The summed E-state index contributed by atoms with van der Waals surface area (Å²) in [5.41, 5.74) is 7.35. The molecule has 0 aromatic heterocycles. The van der Waals surface area contributed by atoms with Crippen LogP contribution in [0, 0.1) is 0 Å². The summed E-state index contributed by atoms with van der Waals surface area (Å²) in [5.74, 6) is 0.849. The molecule has 4 heteroatoms. The molecule has 0 saturated heterocycles. The summed E-state index contributed by atoms with van der Waals surface area (Å²) in [7, 11) is 0. The highest BCUT2D eigenvalue weighted by Crippen LogP contribution is 2.28. The molecule has 0 heterocycles. The Morgan fingerprint density at radius 2 is 1.90 bits per heavy atom. The van der Waals surface area contributed by atoms with Crippen molar-refractivity contribution in [3.63, 3.8) is 0 Å². The van der Waals surface area contributed by atoms with E-state index in [1.165, 1.54) is 4.90 Å². The van der Waals surface area contributed by atoms with Crippen molar-refractivity contribution in [2.45, 2.75) is 30.4 Å². The van der Waals surface area contributed by atoms with Crippen molar-refractivity contribution >= 4 is 27.7 Å². The van der Waals surface area contributed by atoms with Gasteiger partial charge in [-0.05, 0) is 54.6 Å². The van der Waals surface area contributed by atoms with Gasteiger partial charge in [-0.25, -0.2) is 0 Å². The molecule has 2 N–H and O–H groups in total. The highest BCUT2D eigenvalue weighted by atomic mass is 79.9. The van der Waals surface area contributed by atoms with E-state index in [1.807, 2.05) is 24.3 Å². The molecule has 2 nitrogen and oxygen atoms in total. The Morgan fingerprint density at radius 1 is 1.19 bits per heavy atom. The van der Waals surface area contributed by atoms with Gasteiger partial charge in [-0.2, -0.15) is 0 Å². The maximum absolute atomic E-state index is 6.26. The Labute approximate surface area is 139 Å². The molecule has 0 spiro atoms. The molecule has 0 aliphatic carbocycles. The highest BCUT2D eigenvalue weighted by Gasteiger charge is 2.20. The topological polar surface area (TPSA) is 35.2 Å². The molecule has 0 saturated carbocycles. The summed E-state index contributed by atoms with van der Waals surface area (Å²) < 4.78 is 7.19. The van der Waals surface area contributed by atoms with E-state index in [4.69, 9.17) is 10.5 Å². The molecule has 0 fully saturated rings. The number of halogens is 1. The van der Waals surface area contributed by atoms with E-state index < -0.39 is 0 Å². The predicted molar refractivity (Wildman–Crippen MR) is 94.0 cm³/mol. The Balaban J connectivity index is 2.23. The zero-order valence-corrected chi connectivity index (χ0v) is 14.7. The van der Waals surface area contributed by atoms with Gasteiger partial charge in [-0.15, -0.1) is 11.8 Å². The monoisotopic (exact) mass is 365 g/mol. The van der Waals surface area contributed by atoms with Crippen LogP contribution in [0.15, 0.2) is 57.9 Å². The molecule has 2 rings (SSSR count). The number of rotatable bonds is 6. The van der Waals surface area contributed by atoms with Crippen molar-refractivity contribution in [2.75, 3.05) is 6.26 Å². The van der Waals surface area contributed by atoms with E-state index in [1.54, 1.807) is 11.8 Å². The Kier molecular flexibility index (Phi) is 6.15. The van der Waals surface area contributed by atoms with Gasteiger partial charge in [0.25, 0.3) is 0 Å². The van der Waals surface area contributed by atoms with Crippen LogP contribution < -0.4 is 10.5 Å². The van der Waals surface area contributed by atoms with Gasteiger partial charge in [0.2, 0.25) is 0 Å². The van der Waals surface area contributed by atoms with E-state index in [2.05, 4.69) is 53.4 Å². The number of ether oxygens (including phenoxy) is 1. The van der Waals surface area contributed by atoms with Crippen molar-refractivity contribution in [1.29, 1.82) is 0 Å². The standard InChI is InChI=1S/C17H20BrNOS/c1-3-16(19)17(12-5-4-6-13(18)11-12)20-14-7-9-15(21-2)10-8-14/h4-11,16-17H,3,19H2,1-2H3. The molecule has 21 heavy (non-hydrogen) atoms. The first-order valence-corrected chi connectivity index (χ1v) is 8.97. The predicted octanol–water partition coefficient (Wildman–Crippen LogP) is 5.03. The lowest BCUT2D eigenvalue weighted by molar-refractivity contribution is 0.171. The van der Waals surface area contributed by atoms with Gasteiger partial charge in [0, 0.05) is 15.4 Å². The molecular weight excluding hydrogens is 346 g/mol. The van der Waals surface area contributed by atoms with Crippen LogP contribution in [0.25, 0.3) is 0 Å². The van der Waals surface area contributed by atoms with Gasteiger partial charge >= 0.3 is 0 Å². The molecular formula is C17H20BrNOS. The lowest BCUT2D eigenvalue weighted by atomic mass is 10.0. The van der Waals surface area contributed by atoms with Gasteiger partial charge in [0.05, 0.1) is 0 Å². The Bertz CT molecular complexity index is 573. The third-order valence-electron chi connectivity index (χ3n) is 3.36. The van der Waals surface area contributed by atoms with Crippen LogP contribution in [0.3, 0.4) is 0 Å². The summed E-state index contributed by atoms with van der Waals surface area (Å²) in [4.78, 5) is 1.22. The minimum Gasteiger partial charge on any atom is -0.484 e. The summed E-state index contributed by atoms with van der Waals surface area (Å²) in [6.07, 6.45) is 2.78. The largest absolute Gasteiger partial charge is 0.484 e. The van der Waals surface area contributed by atoms with Crippen molar-refractivity contribution < 1.29 is 4.74 Å². The summed E-state index contributed by atoms with van der Waals surface area (Å²) in [6, 6.07) is 16.2. The molecule has 0 aliphatic rings. The number of hydrogen-bond donors (Lipinski definition) is 1. The first-order valence-electron chi connectivity index (χ1n) is 6.95. The quantitative estimate of drug-likeness (QED) is 0.729. The zero-order valence-electron chi connectivity index (χ0n) is 12.3. The van der Waals surface area contributed by atoms with Crippen molar-refractivity contribution in [1.82, 2.24) is 0 Å². The second-order valence-electron chi connectivity index (χ2n) is 4.84. The molecule has 2 unspecified atom stereocenters. The van der Waals surface area contributed by atoms with Crippen LogP contribution in [0.2, 0.25) is 0 Å². The summed E-state index contributed by atoms with van der Waals surface area (Å²) in [5, 5.41) is 0. The lowest BCUT2D eigenvalue weighted by Crippen LogP contribution is -2.31. The Morgan fingerprint density at radius 3 is 2.48 bits per heavy atom. The maximum Gasteiger partial charge on any atom is 0.139 e. The van der Waals surface area contributed by atoms with Gasteiger partial charge < -0.3 is 10.5 Å². The SMILES string of the molecule is CCC(N)C(Oc1ccc(SC)cc1)c1cccc(Br)c1. The van der Waals surface area contributed by atoms with Gasteiger partial charge in [-0.1, -0.05) is 35.0 Å². The van der Waals surface area contributed by atoms with Gasteiger partial charge in [-0.3, -0.25) is 0 Å². The van der Waals surface area contributed by atoms with Crippen molar-refractivity contribution in [3.05, 3.63) is 58.6 Å². The average molecular weight is 366 g/mol. The first-order chi connectivity index (χ1) is 10.1.